The van der Waals surface area contributed by atoms with E-state index in [-0.39, 0.29) is 24.9 Å². The van der Waals surface area contributed by atoms with Gasteiger partial charge in [0.2, 0.25) is 5.91 Å². The van der Waals surface area contributed by atoms with E-state index in [1.807, 2.05) is 30.3 Å². The molecule has 1 aromatic rings. The van der Waals surface area contributed by atoms with E-state index in [0.29, 0.717) is 32.6 Å². The van der Waals surface area contributed by atoms with Crippen LogP contribution in [0.25, 0.3) is 0 Å². The van der Waals surface area contributed by atoms with Crippen molar-refractivity contribution in [2.75, 3.05) is 32.7 Å². The van der Waals surface area contributed by atoms with Crippen LogP contribution in [0.15, 0.2) is 30.3 Å². The van der Waals surface area contributed by atoms with E-state index in [2.05, 4.69) is 0 Å². The Bertz CT molecular complexity index is 461. The quantitative estimate of drug-likeness (QED) is 0.915. The highest BCUT2D eigenvalue weighted by atomic mass is 35.5. The number of alkyl halides is 2. The number of nitrogens with zero attached hydrogens (tertiary/aromatic N) is 2. The van der Waals surface area contributed by atoms with Gasteiger partial charge >= 0.3 is 0 Å². The van der Waals surface area contributed by atoms with Crippen LogP contribution in [0.1, 0.15) is 18.0 Å². The maximum atomic E-state index is 12.4. The molecule has 0 aliphatic carbocycles. The van der Waals surface area contributed by atoms with Crippen LogP contribution < -0.4 is 5.73 Å². The fraction of sp³-hybridized carbons (Fsp3) is 0.533. The van der Waals surface area contributed by atoms with Gasteiger partial charge in [-0.1, -0.05) is 30.3 Å². The van der Waals surface area contributed by atoms with Crippen molar-refractivity contribution in [2.45, 2.75) is 18.9 Å². The molecule has 2 N–H and O–H groups in total. The summed E-state index contributed by atoms with van der Waals surface area (Å²) in [5.41, 5.74) is 6.79. The molecule has 2 rings (SSSR count). The van der Waals surface area contributed by atoms with Crippen molar-refractivity contribution >= 4 is 18.3 Å². The van der Waals surface area contributed by atoms with Crippen LogP contribution in [0.3, 0.4) is 0 Å². The van der Waals surface area contributed by atoms with E-state index in [1.54, 1.807) is 9.80 Å². The van der Waals surface area contributed by atoms with Crippen LogP contribution in [-0.2, 0) is 4.79 Å². The molecule has 7 heteroatoms. The van der Waals surface area contributed by atoms with Gasteiger partial charge in [0.1, 0.15) is 6.04 Å². The Morgan fingerprint density at radius 3 is 2.45 bits per heavy atom. The lowest BCUT2D eigenvalue weighted by Gasteiger charge is -2.24. The molecule has 0 saturated carbocycles. The average molecular weight is 334 g/mol. The van der Waals surface area contributed by atoms with Gasteiger partial charge in [0, 0.05) is 26.2 Å². The van der Waals surface area contributed by atoms with Crippen molar-refractivity contribution in [2.24, 2.45) is 5.73 Å². The summed E-state index contributed by atoms with van der Waals surface area (Å²) in [6.45, 7) is 1.85. The van der Waals surface area contributed by atoms with E-state index < -0.39 is 12.5 Å². The normalized spacial score (nSPS) is 17.7. The molecule has 22 heavy (non-hydrogen) atoms. The first-order valence-electron chi connectivity index (χ1n) is 7.17. The van der Waals surface area contributed by atoms with Crippen LogP contribution >= 0.6 is 12.4 Å². The van der Waals surface area contributed by atoms with Crippen molar-refractivity contribution in [3.05, 3.63) is 35.9 Å². The second kappa shape index (κ2) is 9.02. The molecule has 1 fully saturated rings. The fourth-order valence-corrected chi connectivity index (χ4v) is 2.57. The first-order chi connectivity index (χ1) is 10.1. The number of amides is 1. The maximum Gasteiger partial charge on any atom is 0.251 e. The lowest BCUT2D eigenvalue weighted by molar-refractivity contribution is -0.132. The van der Waals surface area contributed by atoms with E-state index >= 15 is 0 Å². The molecule has 0 bridgehead atoms. The number of halogens is 3. The number of benzene rings is 1. The topological polar surface area (TPSA) is 49.6 Å². The molecular formula is C15H22ClF2N3O. The smallest absolute Gasteiger partial charge is 0.251 e. The van der Waals surface area contributed by atoms with E-state index in [4.69, 9.17) is 5.73 Å². The number of nitrogens with two attached hydrogens (primary N) is 1. The zero-order valence-corrected chi connectivity index (χ0v) is 13.1. The van der Waals surface area contributed by atoms with Gasteiger partial charge in [-0.2, -0.15) is 0 Å². The maximum absolute atomic E-state index is 12.4. The Morgan fingerprint density at radius 1 is 1.14 bits per heavy atom. The molecule has 1 aromatic carbocycles. The second-order valence-corrected chi connectivity index (χ2v) is 5.26. The largest absolute Gasteiger partial charge is 0.340 e. The molecule has 1 saturated heterocycles. The molecular weight excluding hydrogens is 312 g/mol. The molecule has 1 atom stereocenters. The Labute approximate surface area is 135 Å². The van der Waals surface area contributed by atoms with Crippen LogP contribution in [0.5, 0.6) is 0 Å². The average Bonchev–Trinajstić information content (AvgIpc) is 2.71. The minimum absolute atomic E-state index is 0. The van der Waals surface area contributed by atoms with Gasteiger partial charge in [0.05, 0.1) is 6.54 Å². The first-order valence-corrected chi connectivity index (χ1v) is 7.17. The van der Waals surface area contributed by atoms with Gasteiger partial charge in [-0.3, -0.25) is 9.69 Å². The first kappa shape index (κ1) is 18.8. The summed E-state index contributed by atoms with van der Waals surface area (Å²) in [4.78, 5) is 15.8. The fourth-order valence-electron chi connectivity index (χ4n) is 2.57. The number of carbonyl (C=O) groups is 1. The van der Waals surface area contributed by atoms with E-state index in [9.17, 15) is 13.6 Å². The van der Waals surface area contributed by atoms with Gasteiger partial charge < -0.3 is 10.6 Å². The minimum Gasteiger partial charge on any atom is -0.340 e. The Morgan fingerprint density at radius 2 is 1.82 bits per heavy atom. The second-order valence-electron chi connectivity index (χ2n) is 5.26. The van der Waals surface area contributed by atoms with Gasteiger partial charge in [-0.05, 0) is 12.0 Å². The van der Waals surface area contributed by atoms with Crippen LogP contribution in [-0.4, -0.2) is 54.9 Å². The predicted octanol–water partition coefficient (Wildman–Crippen LogP) is 1.91. The van der Waals surface area contributed by atoms with Gasteiger partial charge in [0.15, 0.2) is 0 Å². The van der Waals surface area contributed by atoms with Crippen LogP contribution in [0.4, 0.5) is 8.78 Å². The van der Waals surface area contributed by atoms with Crippen molar-refractivity contribution in [1.29, 1.82) is 0 Å². The third-order valence-corrected chi connectivity index (χ3v) is 3.72. The summed E-state index contributed by atoms with van der Waals surface area (Å²) in [6, 6.07) is 8.51. The Kier molecular flexibility index (Phi) is 7.72. The molecule has 0 aromatic heterocycles. The molecule has 1 heterocycles. The Balaban J connectivity index is 0.00000242. The summed E-state index contributed by atoms with van der Waals surface area (Å²) in [5, 5.41) is 0. The third kappa shape index (κ3) is 5.19. The molecule has 4 nitrogen and oxygen atoms in total. The van der Waals surface area contributed by atoms with Crippen LogP contribution in [0, 0.1) is 0 Å². The van der Waals surface area contributed by atoms with E-state index in [1.165, 1.54) is 0 Å². The highest BCUT2D eigenvalue weighted by molar-refractivity contribution is 5.85. The highest BCUT2D eigenvalue weighted by Gasteiger charge is 2.25. The molecule has 1 amide bonds. The number of hydrogen-bond acceptors (Lipinski definition) is 3. The molecule has 0 spiro atoms. The lowest BCUT2D eigenvalue weighted by atomic mass is 10.1. The van der Waals surface area contributed by atoms with Gasteiger partial charge in [-0.15, -0.1) is 12.4 Å². The Hall–Kier alpha value is -1.24. The summed E-state index contributed by atoms with van der Waals surface area (Å²) < 4.78 is 24.8. The summed E-state index contributed by atoms with van der Waals surface area (Å²) >= 11 is 0. The van der Waals surface area contributed by atoms with Gasteiger partial charge in [-0.25, -0.2) is 8.78 Å². The van der Waals surface area contributed by atoms with Crippen molar-refractivity contribution in [3.8, 4) is 0 Å². The molecule has 1 aliphatic rings. The minimum atomic E-state index is -2.33. The number of rotatable bonds is 4. The monoisotopic (exact) mass is 333 g/mol. The summed E-state index contributed by atoms with van der Waals surface area (Å²) in [7, 11) is 0. The molecule has 1 aliphatic heterocycles. The standard InChI is InChI=1S/C15H21F2N3O.ClH/c16-13(17)11-19-7-4-8-20(10-9-19)15(21)14(18)12-5-2-1-3-6-12;/h1-3,5-6,13-14H,4,7-11,18H2;1H. The SMILES string of the molecule is Cl.NC(C(=O)N1CCCN(CC(F)F)CC1)c1ccccc1. The predicted molar refractivity (Wildman–Crippen MR) is 84.3 cm³/mol. The summed E-state index contributed by atoms with van der Waals surface area (Å²) in [6.07, 6.45) is -1.64. The third-order valence-electron chi connectivity index (χ3n) is 3.72. The molecule has 0 radical (unpaired) electrons. The number of hydrogen-bond donors (Lipinski definition) is 1. The zero-order valence-electron chi connectivity index (χ0n) is 12.3. The molecule has 124 valence electrons. The van der Waals surface area contributed by atoms with Crippen molar-refractivity contribution < 1.29 is 13.6 Å². The van der Waals surface area contributed by atoms with Crippen LogP contribution in [0.2, 0.25) is 0 Å². The number of carbonyl (C=O) groups excluding carboxylic acids is 1. The summed E-state index contributed by atoms with van der Waals surface area (Å²) in [5.74, 6) is -0.139. The highest BCUT2D eigenvalue weighted by Crippen LogP contribution is 2.15. The van der Waals surface area contributed by atoms with Crippen molar-refractivity contribution in [3.63, 3.8) is 0 Å². The van der Waals surface area contributed by atoms with Crippen molar-refractivity contribution in [1.82, 2.24) is 9.80 Å². The zero-order chi connectivity index (χ0) is 15.2. The lowest BCUT2D eigenvalue weighted by Crippen LogP contribution is -2.41. The van der Waals surface area contributed by atoms with E-state index in [0.717, 1.165) is 5.56 Å². The van der Waals surface area contributed by atoms with Gasteiger partial charge in [0.25, 0.3) is 6.43 Å². The molecule has 1 unspecified atom stereocenters.